The summed E-state index contributed by atoms with van der Waals surface area (Å²) in [6, 6.07) is 18.5. The molecule has 3 nitrogen and oxygen atoms in total. The van der Waals surface area contributed by atoms with Gasteiger partial charge in [0.1, 0.15) is 17.5 Å². The lowest BCUT2D eigenvalue weighted by Crippen LogP contribution is -2.14. The van der Waals surface area contributed by atoms with Crippen LogP contribution in [0.15, 0.2) is 66.2 Å². The minimum atomic E-state index is -0.556. The molecule has 3 aromatic rings. The van der Waals surface area contributed by atoms with E-state index in [0.717, 1.165) is 11.1 Å². The third kappa shape index (κ3) is 5.27. The van der Waals surface area contributed by atoms with Gasteiger partial charge in [-0.3, -0.25) is 4.79 Å². The molecule has 3 rings (SSSR count). The zero-order chi connectivity index (χ0) is 21.7. The highest BCUT2D eigenvalue weighted by Gasteiger charge is 2.13. The first-order chi connectivity index (χ1) is 14.4. The van der Waals surface area contributed by atoms with Crippen LogP contribution in [0.1, 0.15) is 22.3 Å². The molecule has 0 saturated carbocycles. The van der Waals surface area contributed by atoms with Crippen LogP contribution in [0.25, 0.3) is 6.08 Å². The van der Waals surface area contributed by atoms with Crippen LogP contribution in [0.4, 0.5) is 10.1 Å². The van der Waals surface area contributed by atoms with Crippen LogP contribution in [0.3, 0.4) is 0 Å². The summed E-state index contributed by atoms with van der Waals surface area (Å²) in [5.74, 6) is -0.882. The molecule has 0 fully saturated rings. The number of nitrogens with zero attached hydrogens (tertiary/aromatic N) is 1. The number of carbonyl (C=O) groups excluding carboxylic acids is 1. The molecular formula is C24H17Cl2FN2O. The maximum absolute atomic E-state index is 13.5. The van der Waals surface area contributed by atoms with E-state index >= 15 is 0 Å². The van der Waals surface area contributed by atoms with Crippen LogP contribution in [0, 0.1) is 24.1 Å². The first kappa shape index (κ1) is 21.6. The summed E-state index contributed by atoms with van der Waals surface area (Å²) in [7, 11) is 0. The Morgan fingerprint density at radius 2 is 1.90 bits per heavy atom. The summed E-state index contributed by atoms with van der Waals surface area (Å²) in [5, 5.41) is 13.3. The number of carbonyl (C=O) groups is 1. The fourth-order valence-corrected chi connectivity index (χ4v) is 3.32. The van der Waals surface area contributed by atoms with E-state index < -0.39 is 5.91 Å². The van der Waals surface area contributed by atoms with Gasteiger partial charge in [-0.25, -0.2) is 4.39 Å². The molecule has 30 heavy (non-hydrogen) atoms. The second kappa shape index (κ2) is 9.58. The first-order valence-corrected chi connectivity index (χ1v) is 9.84. The van der Waals surface area contributed by atoms with Crippen LogP contribution in [0.2, 0.25) is 10.0 Å². The Labute approximate surface area is 184 Å². The smallest absolute Gasteiger partial charge is 0.266 e. The molecule has 0 aromatic heterocycles. The Bertz CT molecular complexity index is 1180. The van der Waals surface area contributed by atoms with Gasteiger partial charge in [-0.2, -0.15) is 5.26 Å². The van der Waals surface area contributed by atoms with Crippen molar-refractivity contribution in [2.45, 2.75) is 13.3 Å². The summed E-state index contributed by atoms with van der Waals surface area (Å²) in [4.78, 5) is 12.7. The molecule has 0 atom stereocenters. The summed E-state index contributed by atoms with van der Waals surface area (Å²) >= 11 is 12.2. The highest BCUT2D eigenvalue weighted by molar-refractivity contribution is 6.32. The van der Waals surface area contributed by atoms with Crippen molar-refractivity contribution in [3.05, 3.63) is 104 Å². The van der Waals surface area contributed by atoms with E-state index in [1.165, 1.54) is 18.2 Å². The van der Waals surface area contributed by atoms with E-state index in [9.17, 15) is 14.4 Å². The molecule has 0 radical (unpaired) electrons. The number of anilines is 1. The zero-order valence-corrected chi connectivity index (χ0v) is 17.6. The molecular weight excluding hydrogens is 422 g/mol. The molecule has 0 heterocycles. The number of halogens is 3. The van der Waals surface area contributed by atoms with Gasteiger partial charge in [0.2, 0.25) is 0 Å². The van der Waals surface area contributed by atoms with Crippen molar-refractivity contribution in [3.63, 3.8) is 0 Å². The second-order valence-corrected chi connectivity index (χ2v) is 7.53. The molecule has 0 aliphatic carbocycles. The fourth-order valence-electron chi connectivity index (χ4n) is 2.96. The van der Waals surface area contributed by atoms with Crippen molar-refractivity contribution in [1.29, 1.82) is 5.26 Å². The second-order valence-electron chi connectivity index (χ2n) is 6.69. The Balaban J connectivity index is 1.93. The van der Waals surface area contributed by atoms with Crippen LogP contribution < -0.4 is 5.32 Å². The number of rotatable bonds is 5. The Kier molecular flexibility index (Phi) is 6.89. The van der Waals surface area contributed by atoms with Crippen molar-refractivity contribution < 1.29 is 9.18 Å². The van der Waals surface area contributed by atoms with Crippen molar-refractivity contribution in [2.24, 2.45) is 0 Å². The highest BCUT2D eigenvalue weighted by atomic mass is 35.5. The van der Waals surface area contributed by atoms with E-state index in [0.29, 0.717) is 33.3 Å². The topological polar surface area (TPSA) is 52.9 Å². The minimum Gasteiger partial charge on any atom is -0.321 e. The van der Waals surface area contributed by atoms with Gasteiger partial charge in [0.25, 0.3) is 5.91 Å². The normalized spacial score (nSPS) is 11.1. The predicted molar refractivity (Wildman–Crippen MR) is 119 cm³/mol. The van der Waals surface area contributed by atoms with E-state index in [2.05, 4.69) is 5.32 Å². The van der Waals surface area contributed by atoms with Crippen molar-refractivity contribution in [1.82, 2.24) is 0 Å². The number of nitrogens with one attached hydrogen (secondary N) is 1. The first-order valence-electron chi connectivity index (χ1n) is 9.08. The highest BCUT2D eigenvalue weighted by Crippen LogP contribution is 2.25. The van der Waals surface area contributed by atoms with Crippen molar-refractivity contribution >= 4 is 40.9 Å². The maximum atomic E-state index is 13.5. The van der Waals surface area contributed by atoms with E-state index in [1.54, 1.807) is 49.4 Å². The minimum absolute atomic E-state index is 0.0860. The van der Waals surface area contributed by atoms with Crippen LogP contribution in [-0.4, -0.2) is 5.91 Å². The largest absolute Gasteiger partial charge is 0.321 e. The summed E-state index contributed by atoms with van der Waals surface area (Å²) in [5.41, 5.74) is 3.34. The van der Waals surface area contributed by atoms with E-state index in [-0.39, 0.29) is 11.4 Å². The average Bonchev–Trinajstić information content (AvgIpc) is 2.71. The molecule has 1 N–H and O–H groups in total. The summed E-state index contributed by atoms with van der Waals surface area (Å²) in [6.45, 7) is 1.78. The lowest BCUT2D eigenvalue weighted by Gasteiger charge is -2.10. The van der Waals surface area contributed by atoms with Gasteiger partial charge < -0.3 is 5.32 Å². The molecule has 0 unspecified atom stereocenters. The Hall–Kier alpha value is -3.13. The predicted octanol–water partition coefficient (Wildman–Crippen LogP) is 6.58. The summed E-state index contributed by atoms with van der Waals surface area (Å²) < 4.78 is 13.5. The molecule has 1 amide bonds. The van der Waals surface area contributed by atoms with Gasteiger partial charge in [0, 0.05) is 15.7 Å². The van der Waals surface area contributed by atoms with Crippen molar-refractivity contribution in [3.8, 4) is 6.07 Å². The Morgan fingerprint density at radius 3 is 2.63 bits per heavy atom. The zero-order valence-electron chi connectivity index (χ0n) is 16.0. The fraction of sp³-hybridized carbons (Fsp3) is 0.0833. The number of benzene rings is 3. The van der Waals surface area contributed by atoms with Gasteiger partial charge in [-0.05, 0) is 78.1 Å². The standard InChI is InChI=1S/C24H17Cl2FN2O/c1-15-22(26)6-3-7-23(15)29-24(30)19(14-28)12-18-13-20(25)9-8-17(18)10-16-4-2-5-21(27)11-16/h2-9,11-13H,10H2,1H3,(H,29,30)/b19-12+. The van der Waals surface area contributed by atoms with Crippen LogP contribution >= 0.6 is 23.2 Å². The van der Waals surface area contributed by atoms with Gasteiger partial charge in [0.15, 0.2) is 0 Å². The summed E-state index contributed by atoms with van der Waals surface area (Å²) in [6.07, 6.45) is 1.91. The van der Waals surface area contributed by atoms with Gasteiger partial charge in [-0.1, -0.05) is 47.5 Å². The van der Waals surface area contributed by atoms with Crippen LogP contribution in [0.5, 0.6) is 0 Å². The third-order valence-electron chi connectivity index (χ3n) is 4.57. The number of hydrogen-bond donors (Lipinski definition) is 1. The molecule has 0 aliphatic heterocycles. The molecule has 150 valence electrons. The molecule has 6 heteroatoms. The van der Waals surface area contributed by atoms with E-state index in [1.807, 2.05) is 12.1 Å². The molecule has 3 aromatic carbocycles. The van der Waals surface area contributed by atoms with Gasteiger partial charge in [-0.15, -0.1) is 0 Å². The third-order valence-corrected chi connectivity index (χ3v) is 5.22. The molecule has 0 spiro atoms. The van der Waals surface area contributed by atoms with E-state index in [4.69, 9.17) is 23.2 Å². The molecule has 0 aliphatic rings. The van der Waals surface area contributed by atoms with Gasteiger partial charge in [0.05, 0.1) is 0 Å². The SMILES string of the molecule is Cc1c(Cl)cccc1NC(=O)/C(C#N)=C/c1cc(Cl)ccc1Cc1cccc(F)c1. The maximum Gasteiger partial charge on any atom is 0.266 e. The van der Waals surface area contributed by atoms with Crippen LogP contribution in [-0.2, 0) is 11.2 Å². The molecule has 0 bridgehead atoms. The quantitative estimate of drug-likeness (QED) is 0.361. The molecule has 0 saturated heterocycles. The number of nitriles is 1. The lowest BCUT2D eigenvalue weighted by atomic mass is 9.98. The van der Waals surface area contributed by atoms with Gasteiger partial charge >= 0.3 is 0 Å². The number of amides is 1. The number of hydrogen-bond acceptors (Lipinski definition) is 2. The average molecular weight is 439 g/mol. The monoisotopic (exact) mass is 438 g/mol. The Morgan fingerprint density at radius 1 is 1.13 bits per heavy atom. The lowest BCUT2D eigenvalue weighted by molar-refractivity contribution is -0.112. The van der Waals surface area contributed by atoms with Crippen molar-refractivity contribution in [2.75, 3.05) is 5.32 Å².